The molecule has 90 valence electrons. The Bertz CT molecular complexity index is 545. The molecule has 3 N–H and O–H groups in total. The Morgan fingerprint density at radius 3 is 3.12 bits per heavy atom. The summed E-state index contributed by atoms with van der Waals surface area (Å²) in [6.07, 6.45) is 3.75. The van der Waals surface area contributed by atoms with E-state index in [0.717, 1.165) is 41.6 Å². The Balaban J connectivity index is 2.13. The van der Waals surface area contributed by atoms with Crippen molar-refractivity contribution in [3.05, 3.63) is 10.9 Å². The number of fused-ring (bicyclic) bond motifs is 1. The van der Waals surface area contributed by atoms with Gasteiger partial charge in [0.1, 0.15) is 16.7 Å². The van der Waals surface area contributed by atoms with Gasteiger partial charge in [-0.1, -0.05) is 0 Å². The molecule has 0 radical (unpaired) electrons. The zero-order valence-electron chi connectivity index (χ0n) is 9.23. The van der Waals surface area contributed by atoms with E-state index in [-0.39, 0.29) is 0 Å². The molecule has 0 bridgehead atoms. The number of halogens is 1. The first-order valence-corrected chi connectivity index (χ1v) is 6.41. The van der Waals surface area contributed by atoms with Gasteiger partial charge in [-0.25, -0.2) is 14.6 Å². The highest BCUT2D eigenvalue weighted by molar-refractivity contribution is 9.10. The van der Waals surface area contributed by atoms with Gasteiger partial charge in [-0.2, -0.15) is 5.10 Å². The highest BCUT2D eigenvalue weighted by Gasteiger charge is 2.21. The van der Waals surface area contributed by atoms with E-state index in [1.54, 1.807) is 0 Å². The minimum absolute atomic E-state index is 0.340. The number of piperidine rings is 1. The summed E-state index contributed by atoms with van der Waals surface area (Å²) in [7, 11) is 0. The highest BCUT2D eigenvalue weighted by atomic mass is 79.9. The van der Waals surface area contributed by atoms with E-state index in [0.29, 0.717) is 11.9 Å². The van der Waals surface area contributed by atoms with E-state index in [1.165, 1.54) is 6.33 Å². The summed E-state index contributed by atoms with van der Waals surface area (Å²) in [5.74, 6) is 0.469. The maximum absolute atomic E-state index is 5.85. The van der Waals surface area contributed by atoms with Crippen molar-refractivity contribution in [1.29, 1.82) is 0 Å². The van der Waals surface area contributed by atoms with Gasteiger partial charge in [0.15, 0.2) is 5.65 Å². The number of aromatic nitrogens is 4. The summed E-state index contributed by atoms with van der Waals surface area (Å²) < 4.78 is 2.67. The second kappa shape index (κ2) is 4.23. The van der Waals surface area contributed by atoms with Crippen LogP contribution >= 0.6 is 15.9 Å². The number of nitrogens with zero attached hydrogens (tertiary/aromatic N) is 4. The van der Waals surface area contributed by atoms with Gasteiger partial charge in [0, 0.05) is 6.54 Å². The molecule has 2 aromatic rings. The van der Waals surface area contributed by atoms with E-state index >= 15 is 0 Å². The first-order chi connectivity index (χ1) is 8.27. The lowest BCUT2D eigenvalue weighted by Gasteiger charge is -2.23. The molecule has 1 atom stereocenters. The lowest BCUT2D eigenvalue weighted by molar-refractivity contribution is 0.352. The quantitative estimate of drug-likeness (QED) is 0.823. The predicted molar refractivity (Wildman–Crippen MR) is 68.6 cm³/mol. The van der Waals surface area contributed by atoms with Gasteiger partial charge in [-0.05, 0) is 35.3 Å². The van der Waals surface area contributed by atoms with Crippen molar-refractivity contribution in [3.8, 4) is 0 Å². The molecule has 0 unspecified atom stereocenters. The molecule has 0 saturated carbocycles. The van der Waals surface area contributed by atoms with Gasteiger partial charge in [0.2, 0.25) is 0 Å². The van der Waals surface area contributed by atoms with Crippen LogP contribution in [-0.2, 0) is 0 Å². The average Bonchev–Trinajstić information content (AvgIpc) is 2.69. The van der Waals surface area contributed by atoms with Crippen LogP contribution in [-0.4, -0.2) is 32.8 Å². The number of rotatable bonds is 1. The summed E-state index contributed by atoms with van der Waals surface area (Å²) in [6, 6.07) is 0.340. The van der Waals surface area contributed by atoms with Crippen LogP contribution in [0.4, 0.5) is 5.82 Å². The molecule has 2 aromatic heterocycles. The van der Waals surface area contributed by atoms with E-state index < -0.39 is 0 Å². The van der Waals surface area contributed by atoms with Gasteiger partial charge in [-0.15, -0.1) is 0 Å². The van der Waals surface area contributed by atoms with E-state index in [4.69, 9.17) is 5.73 Å². The van der Waals surface area contributed by atoms with E-state index in [9.17, 15) is 0 Å². The minimum atomic E-state index is 0.340. The molecule has 7 heteroatoms. The molecule has 0 amide bonds. The number of hydrogen-bond donors (Lipinski definition) is 2. The lowest BCUT2D eigenvalue weighted by Crippen LogP contribution is -2.32. The van der Waals surface area contributed by atoms with Crippen LogP contribution in [0.2, 0.25) is 0 Å². The Kier molecular flexibility index (Phi) is 2.71. The fourth-order valence-corrected chi connectivity index (χ4v) is 2.80. The number of hydrogen-bond acceptors (Lipinski definition) is 5. The first-order valence-electron chi connectivity index (χ1n) is 5.62. The van der Waals surface area contributed by atoms with Crippen molar-refractivity contribution >= 4 is 32.8 Å². The summed E-state index contributed by atoms with van der Waals surface area (Å²) >= 11 is 3.42. The standard InChI is InChI=1S/C10H13BrN6/c11-8-7-9(12)14-5-15-10(7)17(16-8)6-2-1-3-13-4-6/h5-6,13H,1-4H2,(H2,12,14,15)/t6-/m1/s1. The summed E-state index contributed by atoms with van der Waals surface area (Å²) in [5.41, 5.74) is 6.65. The monoisotopic (exact) mass is 296 g/mol. The van der Waals surface area contributed by atoms with Crippen molar-refractivity contribution in [3.63, 3.8) is 0 Å². The van der Waals surface area contributed by atoms with Crippen LogP contribution in [0.1, 0.15) is 18.9 Å². The third-order valence-corrected chi connectivity index (χ3v) is 3.65. The lowest BCUT2D eigenvalue weighted by atomic mass is 10.1. The van der Waals surface area contributed by atoms with Crippen LogP contribution in [0, 0.1) is 0 Å². The van der Waals surface area contributed by atoms with Gasteiger partial charge in [0.05, 0.1) is 11.4 Å². The van der Waals surface area contributed by atoms with Crippen molar-refractivity contribution in [2.45, 2.75) is 18.9 Å². The largest absolute Gasteiger partial charge is 0.383 e. The average molecular weight is 297 g/mol. The van der Waals surface area contributed by atoms with Gasteiger partial charge >= 0.3 is 0 Å². The normalized spacial score (nSPS) is 20.9. The maximum Gasteiger partial charge on any atom is 0.164 e. The van der Waals surface area contributed by atoms with Crippen LogP contribution in [0.15, 0.2) is 10.9 Å². The van der Waals surface area contributed by atoms with Gasteiger partial charge < -0.3 is 11.1 Å². The highest BCUT2D eigenvalue weighted by Crippen LogP contribution is 2.29. The topological polar surface area (TPSA) is 81.7 Å². The fourth-order valence-electron chi connectivity index (χ4n) is 2.25. The Hall–Kier alpha value is -1.21. The molecule has 0 spiro atoms. The Morgan fingerprint density at radius 1 is 1.47 bits per heavy atom. The number of anilines is 1. The molecule has 1 saturated heterocycles. The second-order valence-electron chi connectivity index (χ2n) is 4.19. The zero-order chi connectivity index (χ0) is 11.8. The van der Waals surface area contributed by atoms with Crippen LogP contribution in [0.25, 0.3) is 11.0 Å². The molecule has 6 nitrogen and oxygen atoms in total. The van der Waals surface area contributed by atoms with E-state index in [2.05, 4.69) is 36.3 Å². The van der Waals surface area contributed by atoms with Crippen molar-refractivity contribution < 1.29 is 0 Å². The number of nitrogens with two attached hydrogens (primary N) is 1. The van der Waals surface area contributed by atoms with Crippen LogP contribution < -0.4 is 11.1 Å². The van der Waals surface area contributed by atoms with Crippen molar-refractivity contribution in [2.24, 2.45) is 0 Å². The maximum atomic E-state index is 5.85. The first kappa shape index (κ1) is 10.9. The molecule has 17 heavy (non-hydrogen) atoms. The molecule has 3 heterocycles. The summed E-state index contributed by atoms with van der Waals surface area (Å²) in [4.78, 5) is 8.28. The number of nitrogens with one attached hydrogen (secondary N) is 1. The Morgan fingerprint density at radius 2 is 2.35 bits per heavy atom. The van der Waals surface area contributed by atoms with Crippen molar-refractivity contribution in [2.75, 3.05) is 18.8 Å². The molecular weight excluding hydrogens is 284 g/mol. The molecule has 3 rings (SSSR count). The minimum Gasteiger partial charge on any atom is -0.383 e. The van der Waals surface area contributed by atoms with Crippen LogP contribution in [0.3, 0.4) is 0 Å². The molecule has 1 fully saturated rings. The summed E-state index contributed by atoms with van der Waals surface area (Å²) in [6.45, 7) is 2.00. The summed E-state index contributed by atoms with van der Waals surface area (Å²) in [5, 5.41) is 8.66. The SMILES string of the molecule is Nc1ncnc2c1c(Br)nn2[C@@H]1CCCNC1. The Labute approximate surface area is 107 Å². The molecule has 0 aliphatic carbocycles. The van der Waals surface area contributed by atoms with Crippen LogP contribution in [0.5, 0.6) is 0 Å². The molecule has 1 aliphatic heterocycles. The molecular formula is C10H13BrN6. The third kappa shape index (κ3) is 1.79. The predicted octanol–water partition coefficient (Wildman–Crippen LogP) is 1.10. The molecule has 1 aliphatic rings. The van der Waals surface area contributed by atoms with E-state index in [1.807, 2.05) is 4.68 Å². The third-order valence-electron chi connectivity index (χ3n) is 3.09. The van der Waals surface area contributed by atoms with Crippen molar-refractivity contribution in [1.82, 2.24) is 25.1 Å². The zero-order valence-corrected chi connectivity index (χ0v) is 10.8. The molecule has 0 aromatic carbocycles. The second-order valence-corrected chi connectivity index (χ2v) is 4.94. The van der Waals surface area contributed by atoms with Gasteiger partial charge in [-0.3, -0.25) is 0 Å². The number of nitrogen functional groups attached to an aromatic ring is 1. The smallest absolute Gasteiger partial charge is 0.164 e. The fraction of sp³-hybridized carbons (Fsp3) is 0.500. The van der Waals surface area contributed by atoms with Gasteiger partial charge in [0.25, 0.3) is 0 Å².